The van der Waals surface area contributed by atoms with Gasteiger partial charge in [0.2, 0.25) is 0 Å². The molecule has 0 aromatic heterocycles. The lowest BCUT2D eigenvalue weighted by Gasteiger charge is -2.36. The zero-order valence-electron chi connectivity index (χ0n) is 14.0. The SMILES string of the molecule is COc1ccc(NC(=O)NC2CC3CCC(C2)N3C)c(OC)c1. The summed E-state index contributed by atoms with van der Waals surface area (Å²) in [5, 5.41) is 5.98. The summed E-state index contributed by atoms with van der Waals surface area (Å²) in [4.78, 5) is 14.8. The van der Waals surface area contributed by atoms with Gasteiger partial charge in [-0.25, -0.2) is 4.79 Å². The van der Waals surface area contributed by atoms with Gasteiger partial charge >= 0.3 is 6.03 Å². The molecule has 2 heterocycles. The Kier molecular flexibility index (Phi) is 4.61. The van der Waals surface area contributed by atoms with E-state index in [1.807, 2.05) is 0 Å². The van der Waals surface area contributed by atoms with Gasteiger partial charge in [-0.2, -0.15) is 0 Å². The van der Waals surface area contributed by atoms with Crippen LogP contribution in [-0.4, -0.2) is 50.3 Å². The highest BCUT2D eigenvalue weighted by Crippen LogP contribution is 2.34. The molecule has 0 radical (unpaired) electrons. The fourth-order valence-electron chi connectivity index (χ4n) is 3.77. The van der Waals surface area contributed by atoms with Gasteiger partial charge in [-0.05, 0) is 44.9 Å². The summed E-state index contributed by atoms with van der Waals surface area (Å²) < 4.78 is 10.5. The third kappa shape index (κ3) is 3.37. The highest BCUT2D eigenvalue weighted by molar-refractivity contribution is 5.91. The van der Waals surface area contributed by atoms with Crippen LogP contribution < -0.4 is 20.1 Å². The molecule has 2 amide bonds. The molecule has 126 valence electrons. The van der Waals surface area contributed by atoms with Crippen molar-refractivity contribution in [2.45, 2.75) is 43.8 Å². The van der Waals surface area contributed by atoms with Crippen LogP contribution in [0.3, 0.4) is 0 Å². The van der Waals surface area contributed by atoms with Crippen LogP contribution in [-0.2, 0) is 0 Å². The monoisotopic (exact) mass is 319 g/mol. The van der Waals surface area contributed by atoms with Crippen LogP contribution in [0, 0.1) is 0 Å². The van der Waals surface area contributed by atoms with Crippen LogP contribution >= 0.6 is 0 Å². The lowest BCUT2D eigenvalue weighted by Crippen LogP contribution is -2.49. The summed E-state index contributed by atoms with van der Waals surface area (Å²) in [6, 6.07) is 6.62. The minimum absolute atomic E-state index is 0.178. The van der Waals surface area contributed by atoms with Crippen LogP contribution in [0.4, 0.5) is 10.5 Å². The number of hydrogen-bond acceptors (Lipinski definition) is 4. The number of piperidine rings is 1. The molecule has 1 aromatic rings. The molecule has 2 fully saturated rings. The van der Waals surface area contributed by atoms with E-state index in [4.69, 9.17) is 9.47 Å². The second-order valence-electron chi connectivity index (χ2n) is 6.38. The average Bonchev–Trinajstić information content (AvgIpc) is 2.76. The Balaban J connectivity index is 1.60. The van der Waals surface area contributed by atoms with Crippen molar-refractivity contribution in [3.8, 4) is 11.5 Å². The summed E-state index contributed by atoms with van der Waals surface area (Å²) in [5.74, 6) is 1.28. The Hall–Kier alpha value is -1.95. The van der Waals surface area contributed by atoms with Gasteiger partial charge in [-0.3, -0.25) is 0 Å². The number of amides is 2. The molecule has 6 nitrogen and oxygen atoms in total. The van der Waals surface area contributed by atoms with Gasteiger partial charge in [0.1, 0.15) is 11.5 Å². The molecule has 6 heteroatoms. The zero-order valence-corrected chi connectivity index (χ0v) is 14.0. The maximum absolute atomic E-state index is 12.3. The number of carbonyl (C=O) groups is 1. The van der Waals surface area contributed by atoms with Crippen molar-refractivity contribution in [2.24, 2.45) is 0 Å². The summed E-state index contributed by atoms with van der Waals surface area (Å²) in [7, 11) is 5.37. The molecule has 0 aliphatic carbocycles. The van der Waals surface area contributed by atoms with Crippen molar-refractivity contribution < 1.29 is 14.3 Å². The number of methoxy groups -OCH3 is 2. The number of benzene rings is 1. The van der Waals surface area contributed by atoms with Crippen molar-refractivity contribution in [1.29, 1.82) is 0 Å². The van der Waals surface area contributed by atoms with Crippen molar-refractivity contribution in [1.82, 2.24) is 10.2 Å². The van der Waals surface area contributed by atoms with Crippen LogP contribution in [0.5, 0.6) is 11.5 Å². The lowest BCUT2D eigenvalue weighted by molar-refractivity contribution is 0.151. The molecular weight excluding hydrogens is 294 g/mol. The van der Waals surface area contributed by atoms with Gasteiger partial charge in [-0.15, -0.1) is 0 Å². The molecule has 1 aromatic carbocycles. The largest absolute Gasteiger partial charge is 0.497 e. The third-order valence-electron chi connectivity index (χ3n) is 5.09. The van der Waals surface area contributed by atoms with E-state index in [9.17, 15) is 4.79 Å². The first-order chi connectivity index (χ1) is 11.1. The van der Waals surface area contributed by atoms with Gasteiger partial charge in [0, 0.05) is 24.2 Å². The molecule has 2 unspecified atom stereocenters. The number of hydrogen-bond donors (Lipinski definition) is 2. The molecule has 2 atom stereocenters. The molecule has 0 saturated carbocycles. The van der Waals surface area contributed by atoms with Gasteiger partial charge in [0.05, 0.1) is 19.9 Å². The topological polar surface area (TPSA) is 62.8 Å². The molecule has 2 saturated heterocycles. The predicted octanol–water partition coefficient (Wildman–Crippen LogP) is 2.45. The first-order valence-corrected chi connectivity index (χ1v) is 8.12. The number of urea groups is 1. The minimum Gasteiger partial charge on any atom is -0.497 e. The third-order valence-corrected chi connectivity index (χ3v) is 5.09. The van der Waals surface area contributed by atoms with Crippen molar-refractivity contribution in [3.05, 3.63) is 18.2 Å². The predicted molar refractivity (Wildman–Crippen MR) is 89.3 cm³/mol. The van der Waals surface area contributed by atoms with Crippen LogP contribution in [0.2, 0.25) is 0 Å². The molecular formula is C17H25N3O3. The second-order valence-corrected chi connectivity index (χ2v) is 6.38. The molecule has 3 rings (SSSR count). The maximum atomic E-state index is 12.3. The number of fused-ring (bicyclic) bond motifs is 2. The smallest absolute Gasteiger partial charge is 0.319 e. The Morgan fingerprint density at radius 3 is 2.48 bits per heavy atom. The van der Waals surface area contributed by atoms with Crippen molar-refractivity contribution >= 4 is 11.7 Å². The number of nitrogens with zero attached hydrogens (tertiary/aromatic N) is 1. The fourth-order valence-corrected chi connectivity index (χ4v) is 3.77. The lowest BCUT2D eigenvalue weighted by atomic mass is 9.98. The molecule has 23 heavy (non-hydrogen) atoms. The van der Waals surface area contributed by atoms with Gasteiger partial charge < -0.3 is 25.0 Å². The number of ether oxygens (including phenoxy) is 2. The highest BCUT2D eigenvalue weighted by Gasteiger charge is 2.38. The molecule has 0 spiro atoms. The summed E-state index contributed by atoms with van der Waals surface area (Å²) in [6.45, 7) is 0. The molecule has 2 aliphatic rings. The number of anilines is 1. The zero-order chi connectivity index (χ0) is 16.4. The molecule has 2 N–H and O–H groups in total. The number of nitrogens with one attached hydrogen (secondary N) is 2. The Labute approximate surface area is 137 Å². The molecule has 2 aliphatic heterocycles. The van der Waals surface area contributed by atoms with E-state index < -0.39 is 0 Å². The summed E-state index contributed by atoms with van der Waals surface area (Å²) in [6.07, 6.45) is 4.54. The Morgan fingerprint density at radius 1 is 1.17 bits per heavy atom. The first kappa shape index (κ1) is 15.9. The normalized spacial score (nSPS) is 26.7. The van der Waals surface area contributed by atoms with E-state index in [1.165, 1.54) is 12.8 Å². The van der Waals surface area contributed by atoms with Crippen molar-refractivity contribution in [2.75, 3.05) is 26.6 Å². The quantitative estimate of drug-likeness (QED) is 0.895. The van der Waals surface area contributed by atoms with Crippen LogP contribution in [0.1, 0.15) is 25.7 Å². The van der Waals surface area contributed by atoms with Crippen LogP contribution in [0.25, 0.3) is 0 Å². The number of rotatable bonds is 4. The minimum atomic E-state index is -0.178. The Bertz CT molecular complexity index is 564. The second kappa shape index (κ2) is 6.66. The first-order valence-electron chi connectivity index (χ1n) is 8.12. The highest BCUT2D eigenvalue weighted by atomic mass is 16.5. The summed E-state index contributed by atoms with van der Waals surface area (Å²) >= 11 is 0. The Morgan fingerprint density at radius 2 is 1.87 bits per heavy atom. The average molecular weight is 319 g/mol. The van der Waals surface area contributed by atoms with E-state index in [1.54, 1.807) is 32.4 Å². The van der Waals surface area contributed by atoms with E-state index in [0.717, 1.165) is 12.8 Å². The van der Waals surface area contributed by atoms with Gasteiger partial charge in [-0.1, -0.05) is 0 Å². The standard InChI is InChI=1S/C17H25N3O3/c1-20-12-4-5-13(20)9-11(8-12)18-17(21)19-15-7-6-14(22-2)10-16(15)23-3/h6-7,10-13H,4-5,8-9H2,1-3H3,(H2,18,19,21). The summed E-state index contributed by atoms with van der Waals surface area (Å²) in [5.41, 5.74) is 0.640. The fraction of sp³-hybridized carbons (Fsp3) is 0.588. The van der Waals surface area contributed by atoms with Gasteiger partial charge in [0.15, 0.2) is 0 Å². The van der Waals surface area contributed by atoms with E-state index >= 15 is 0 Å². The van der Waals surface area contributed by atoms with E-state index in [2.05, 4.69) is 22.6 Å². The maximum Gasteiger partial charge on any atom is 0.319 e. The molecule has 2 bridgehead atoms. The number of carbonyl (C=O) groups excluding carboxylic acids is 1. The van der Waals surface area contributed by atoms with E-state index in [-0.39, 0.29) is 12.1 Å². The van der Waals surface area contributed by atoms with E-state index in [0.29, 0.717) is 29.3 Å². The van der Waals surface area contributed by atoms with Crippen LogP contribution in [0.15, 0.2) is 18.2 Å². The van der Waals surface area contributed by atoms with Crippen molar-refractivity contribution in [3.63, 3.8) is 0 Å². The van der Waals surface area contributed by atoms with Gasteiger partial charge in [0.25, 0.3) is 0 Å².